The molecule has 0 N–H and O–H groups in total. The van der Waals surface area contributed by atoms with Crippen LogP contribution < -0.4 is 24.5 Å². The molecule has 10 heteroatoms. The lowest BCUT2D eigenvalue weighted by Crippen LogP contribution is -2.40. The van der Waals surface area contributed by atoms with E-state index in [1.54, 1.807) is 62.4 Å². The van der Waals surface area contributed by atoms with E-state index in [4.69, 9.17) is 26.1 Å². The molecular weight excluding hydrogens is 590 g/mol. The maximum atomic E-state index is 14.1. The minimum atomic E-state index is -0.826. The Morgan fingerprint density at radius 1 is 1.07 bits per heavy atom. The number of methoxy groups -OCH3 is 1. The van der Waals surface area contributed by atoms with Gasteiger partial charge >= 0.3 is 5.97 Å². The van der Waals surface area contributed by atoms with E-state index >= 15 is 0 Å². The standard InChI is InChI=1S/C32H28ClN3O4S2/c1-17(2)40-31(38)28-18(3)34-32-36(29(28)21-16-20(33)11-13-24(21)39-5)30(37)27(42-32)15-19-10-12-23-26(14-19)41-25-9-7-6-8-22(25)35(23)4/h6-17,29H,1-5H3/b27-15-/t29-/m0/s1. The second-order valence-corrected chi connectivity index (χ2v) is 12.8. The zero-order valence-corrected chi connectivity index (χ0v) is 26.1. The average molecular weight is 618 g/mol. The van der Waals surface area contributed by atoms with Gasteiger partial charge < -0.3 is 14.4 Å². The first-order valence-electron chi connectivity index (χ1n) is 13.4. The maximum absolute atomic E-state index is 14.1. The van der Waals surface area contributed by atoms with Crippen LogP contribution in [0.5, 0.6) is 5.75 Å². The fourth-order valence-corrected chi connectivity index (χ4v) is 7.70. The van der Waals surface area contributed by atoms with Crippen LogP contribution in [0, 0.1) is 0 Å². The van der Waals surface area contributed by atoms with Crippen molar-refractivity contribution < 1.29 is 14.3 Å². The summed E-state index contributed by atoms with van der Waals surface area (Å²) in [6.45, 7) is 5.32. The molecule has 3 aromatic carbocycles. The molecule has 7 nitrogen and oxygen atoms in total. The SMILES string of the molecule is COc1ccc(Cl)cc1[C@H]1C(C(=O)OC(C)C)=C(C)N=c2s/c(=C\c3ccc4c(c3)Sc3ccccc3N4C)c(=O)n21. The number of halogens is 1. The molecule has 0 spiro atoms. The first-order valence-corrected chi connectivity index (χ1v) is 15.4. The highest BCUT2D eigenvalue weighted by Gasteiger charge is 2.35. The first-order chi connectivity index (χ1) is 20.2. The van der Waals surface area contributed by atoms with Crippen molar-refractivity contribution in [2.45, 2.75) is 42.7 Å². The predicted molar refractivity (Wildman–Crippen MR) is 168 cm³/mol. The summed E-state index contributed by atoms with van der Waals surface area (Å²) in [6, 6.07) is 18.8. The summed E-state index contributed by atoms with van der Waals surface area (Å²) >= 11 is 9.40. The molecule has 2 aliphatic heterocycles. The van der Waals surface area contributed by atoms with E-state index in [0.29, 0.717) is 31.4 Å². The van der Waals surface area contributed by atoms with Crippen LogP contribution in [0.25, 0.3) is 6.08 Å². The van der Waals surface area contributed by atoms with Gasteiger partial charge in [-0.3, -0.25) is 9.36 Å². The van der Waals surface area contributed by atoms with E-state index in [1.807, 2.05) is 24.3 Å². The molecule has 3 heterocycles. The molecule has 0 fully saturated rings. The molecule has 0 unspecified atom stereocenters. The molecular formula is C32H28ClN3O4S2. The number of ether oxygens (including phenoxy) is 2. The summed E-state index contributed by atoms with van der Waals surface area (Å²) in [7, 11) is 3.60. The van der Waals surface area contributed by atoms with Crippen LogP contribution >= 0.6 is 34.7 Å². The third-order valence-electron chi connectivity index (χ3n) is 7.16. The zero-order valence-electron chi connectivity index (χ0n) is 23.7. The molecule has 1 aromatic heterocycles. The topological polar surface area (TPSA) is 73.1 Å². The van der Waals surface area contributed by atoms with Crippen LogP contribution in [-0.4, -0.2) is 30.8 Å². The number of rotatable bonds is 5. The molecule has 2 aliphatic rings. The highest BCUT2D eigenvalue weighted by atomic mass is 35.5. The van der Waals surface area contributed by atoms with E-state index in [2.05, 4.69) is 36.2 Å². The van der Waals surface area contributed by atoms with Crippen LogP contribution in [0.2, 0.25) is 5.02 Å². The van der Waals surface area contributed by atoms with Gasteiger partial charge in [0.15, 0.2) is 4.80 Å². The molecule has 42 heavy (non-hydrogen) atoms. The summed E-state index contributed by atoms with van der Waals surface area (Å²) < 4.78 is 13.3. The second-order valence-electron chi connectivity index (χ2n) is 10.3. The smallest absolute Gasteiger partial charge is 0.338 e. The third-order valence-corrected chi connectivity index (χ3v) is 9.49. The number of benzene rings is 3. The Morgan fingerprint density at radius 3 is 2.60 bits per heavy atom. The van der Waals surface area contributed by atoms with Gasteiger partial charge in [0.2, 0.25) is 0 Å². The van der Waals surface area contributed by atoms with Crippen LogP contribution in [0.3, 0.4) is 0 Å². The van der Waals surface area contributed by atoms with Crippen molar-refractivity contribution in [1.29, 1.82) is 0 Å². The number of hydrogen-bond acceptors (Lipinski definition) is 8. The van der Waals surface area contributed by atoms with Gasteiger partial charge in [-0.25, -0.2) is 9.79 Å². The molecule has 0 saturated heterocycles. The average Bonchev–Trinajstić information content (AvgIpc) is 3.25. The van der Waals surface area contributed by atoms with Crippen molar-refractivity contribution in [3.63, 3.8) is 0 Å². The summed E-state index contributed by atoms with van der Waals surface area (Å²) in [4.78, 5) is 37.2. The summed E-state index contributed by atoms with van der Waals surface area (Å²) in [5.41, 5.74) is 4.23. The van der Waals surface area contributed by atoms with E-state index in [1.165, 1.54) is 16.2 Å². The molecule has 0 amide bonds. The minimum Gasteiger partial charge on any atom is -0.496 e. The van der Waals surface area contributed by atoms with Crippen LogP contribution in [-0.2, 0) is 9.53 Å². The fraction of sp³-hybridized carbons (Fsp3) is 0.219. The van der Waals surface area contributed by atoms with Gasteiger partial charge in [0.05, 0.1) is 40.4 Å². The third kappa shape index (κ3) is 4.95. The number of allylic oxidation sites excluding steroid dienone is 1. The molecule has 0 aliphatic carbocycles. The number of fused-ring (bicyclic) bond motifs is 3. The molecule has 4 aromatic rings. The van der Waals surface area contributed by atoms with Gasteiger partial charge in [-0.1, -0.05) is 52.9 Å². The van der Waals surface area contributed by atoms with Gasteiger partial charge in [0, 0.05) is 27.4 Å². The minimum absolute atomic E-state index is 0.263. The largest absolute Gasteiger partial charge is 0.496 e. The monoisotopic (exact) mass is 617 g/mol. The Kier molecular flexibility index (Phi) is 7.51. The lowest BCUT2D eigenvalue weighted by molar-refractivity contribution is -0.143. The lowest BCUT2D eigenvalue weighted by Gasteiger charge is -2.29. The summed E-state index contributed by atoms with van der Waals surface area (Å²) in [5.74, 6) is -0.0386. The van der Waals surface area contributed by atoms with Gasteiger partial charge in [-0.15, -0.1) is 0 Å². The molecule has 214 valence electrons. The maximum Gasteiger partial charge on any atom is 0.338 e. The van der Waals surface area contributed by atoms with Crippen molar-refractivity contribution in [3.05, 3.63) is 108 Å². The van der Waals surface area contributed by atoms with Crippen molar-refractivity contribution >= 4 is 58.1 Å². The number of anilines is 2. The van der Waals surface area contributed by atoms with Crippen molar-refractivity contribution in [2.24, 2.45) is 4.99 Å². The van der Waals surface area contributed by atoms with Crippen molar-refractivity contribution in [1.82, 2.24) is 4.57 Å². The van der Waals surface area contributed by atoms with Gasteiger partial charge in [-0.2, -0.15) is 0 Å². The number of carbonyl (C=O) groups excluding carboxylic acids is 1. The Hall–Kier alpha value is -3.79. The predicted octanol–water partition coefficient (Wildman–Crippen LogP) is 6.08. The van der Waals surface area contributed by atoms with E-state index in [-0.39, 0.29) is 17.2 Å². The Bertz CT molecular complexity index is 1960. The number of para-hydroxylation sites is 1. The first kappa shape index (κ1) is 28.3. The number of nitrogens with zero attached hydrogens (tertiary/aromatic N) is 3. The molecule has 1 atom stereocenters. The highest BCUT2D eigenvalue weighted by Crippen LogP contribution is 2.47. The van der Waals surface area contributed by atoms with E-state index in [9.17, 15) is 9.59 Å². The Balaban J connectivity index is 1.50. The van der Waals surface area contributed by atoms with E-state index < -0.39 is 12.0 Å². The van der Waals surface area contributed by atoms with Gasteiger partial charge in [0.25, 0.3) is 5.56 Å². The number of aromatic nitrogens is 1. The Morgan fingerprint density at radius 2 is 1.83 bits per heavy atom. The number of carbonyl (C=O) groups is 1. The molecule has 0 bridgehead atoms. The lowest BCUT2D eigenvalue weighted by atomic mass is 9.95. The van der Waals surface area contributed by atoms with E-state index in [0.717, 1.165) is 21.8 Å². The summed E-state index contributed by atoms with van der Waals surface area (Å²) in [5, 5.41) is 0.456. The number of hydrogen-bond donors (Lipinski definition) is 0. The fourth-order valence-electron chi connectivity index (χ4n) is 5.27. The van der Waals surface area contributed by atoms with Crippen LogP contribution in [0.1, 0.15) is 37.9 Å². The van der Waals surface area contributed by atoms with Gasteiger partial charge in [-0.05, 0) is 74.9 Å². The second kappa shape index (κ2) is 11.1. The molecule has 0 saturated carbocycles. The van der Waals surface area contributed by atoms with Crippen LogP contribution in [0.15, 0.2) is 91.5 Å². The Labute approximate surface area is 256 Å². The highest BCUT2D eigenvalue weighted by molar-refractivity contribution is 7.99. The zero-order chi connectivity index (χ0) is 29.7. The van der Waals surface area contributed by atoms with Crippen LogP contribution in [0.4, 0.5) is 11.4 Å². The normalized spacial score (nSPS) is 16.1. The quantitative estimate of drug-likeness (QED) is 0.253. The number of thiazole rings is 1. The molecule has 0 radical (unpaired) electrons. The van der Waals surface area contributed by atoms with Crippen molar-refractivity contribution in [2.75, 3.05) is 19.1 Å². The molecule has 6 rings (SSSR count). The number of esters is 1. The van der Waals surface area contributed by atoms with Crippen molar-refractivity contribution in [3.8, 4) is 5.75 Å². The van der Waals surface area contributed by atoms with Gasteiger partial charge in [0.1, 0.15) is 11.8 Å². The summed E-state index contributed by atoms with van der Waals surface area (Å²) in [6.07, 6.45) is 1.53.